The minimum absolute atomic E-state index is 0.837. The van der Waals surface area contributed by atoms with Gasteiger partial charge in [-0.3, -0.25) is 4.99 Å². The maximum atomic E-state index is 4.33. The Labute approximate surface area is 99.9 Å². The van der Waals surface area contributed by atoms with E-state index in [0.29, 0.717) is 0 Å². The maximum absolute atomic E-state index is 4.33. The first-order valence-electron chi connectivity index (χ1n) is 5.31. The van der Waals surface area contributed by atoms with E-state index in [-0.39, 0.29) is 0 Å². The van der Waals surface area contributed by atoms with Crippen molar-refractivity contribution in [1.29, 1.82) is 0 Å². The monoisotopic (exact) mass is 229 g/mol. The quantitative estimate of drug-likeness (QED) is 0.813. The Kier molecular flexibility index (Phi) is 3.18. The molecule has 0 spiro atoms. The smallest absolute Gasteiger partial charge is 0.141 e. The fourth-order valence-corrected chi connectivity index (χ4v) is 1.68. The molecule has 2 aromatic rings. The van der Waals surface area contributed by atoms with Crippen molar-refractivity contribution in [3.05, 3.63) is 30.5 Å². The van der Waals surface area contributed by atoms with Crippen LogP contribution in [0.2, 0.25) is 0 Å². The Balaban J connectivity index is 2.60. The van der Waals surface area contributed by atoms with Gasteiger partial charge in [-0.25, -0.2) is 9.97 Å². The van der Waals surface area contributed by atoms with Gasteiger partial charge < -0.3 is 9.88 Å². The SMILES string of the molecule is CN=C/C(=C/N(C)C)c1ncnc2[nH]ccc12. The molecule has 0 aliphatic carbocycles. The van der Waals surface area contributed by atoms with Crippen molar-refractivity contribution in [2.24, 2.45) is 4.99 Å². The number of aromatic nitrogens is 3. The predicted molar refractivity (Wildman–Crippen MR) is 70.0 cm³/mol. The molecule has 17 heavy (non-hydrogen) atoms. The highest BCUT2D eigenvalue weighted by molar-refractivity contribution is 6.13. The summed E-state index contributed by atoms with van der Waals surface area (Å²) >= 11 is 0. The largest absolute Gasteiger partial charge is 0.383 e. The summed E-state index contributed by atoms with van der Waals surface area (Å²) in [6.45, 7) is 0. The Bertz CT molecular complexity index is 565. The van der Waals surface area contributed by atoms with Crippen LogP contribution in [-0.2, 0) is 0 Å². The lowest BCUT2D eigenvalue weighted by Crippen LogP contribution is -2.04. The second-order valence-electron chi connectivity index (χ2n) is 3.90. The van der Waals surface area contributed by atoms with Gasteiger partial charge in [-0.15, -0.1) is 0 Å². The van der Waals surface area contributed by atoms with E-state index >= 15 is 0 Å². The van der Waals surface area contributed by atoms with Gasteiger partial charge in [0.25, 0.3) is 0 Å². The lowest BCUT2D eigenvalue weighted by atomic mass is 10.1. The van der Waals surface area contributed by atoms with Crippen molar-refractivity contribution in [2.45, 2.75) is 0 Å². The minimum Gasteiger partial charge on any atom is -0.383 e. The fraction of sp³-hybridized carbons (Fsp3) is 0.250. The summed E-state index contributed by atoms with van der Waals surface area (Å²) in [5.74, 6) is 0. The highest BCUT2D eigenvalue weighted by Gasteiger charge is 2.08. The lowest BCUT2D eigenvalue weighted by molar-refractivity contribution is 0.566. The highest BCUT2D eigenvalue weighted by Crippen LogP contribution is 2.19. The van der Waals surface area contributed by atoms with Gasteiger partial charge in [-0.1, -0.05) is 0 Å². The third-order valence-electron chi connectivity index (χ3n) is 2.29. The number of nitrogens with one attached hydrogen (secondary N) is 1. The van der Waals surface area contributed by atoms with E-state index < -0.39 is 0 Å². The molecule has 0 aliphatic heterocycles. The van der Waals surface area contributed by atoms with Gasteiger partial charge in [0, 0.05) is 50.7 Å². The number of hydrogen-bond donors (Lipinski definition) is 1. The number of allylic oxidation sites excluding steroid dienone is 1. The molecule has 0 amide bonds. The third kappa shape index (κ3) is 2.33. The Morgan fingerprint density at radius 2 is 2.24 bits per heavy atom. The molecule has 88 valence electrons. The van der Waals surface area contributed by atoms with E-state index in [0.717, 1.165) is 22.3 Å². The lowest BCUT2D eigenvalue weighted by Gasteiger charge is -2.08. The molecule has 5 heteroatoms. The zero-order valence-electron chi connectivity index (χ0n) is 10.2. The number of aliphatic imine (C=N–C) groups is 1. The topological polar surface area (TPSA) is 57.2 Å². The summed E-state index contributed by atoms with van der Waals surface area (Å²) in [6, 6.07) is 1.97. The van der Waals surface area contributed by atoms with Crippen molar-refractivity contribution in [1.82, 2.24) is 19.9 Å². The number of aromatic amines is 1. The molecule has 0 aliphatic rings. The molecule has 0 aromatic carbocycles. The highest BCUT2D eigenvalue weighted by atomic mass is 15.0. The average molecular weight is 229 g/mol. The first-order chi connectivity index (χ1) is 8.22. The predicted octanol–water partition coefficient (Wildman–Crippen LogP) is 1.56. The molecule has 1 N–H and O–H groups in total. The summed E-state index contributed by atoms with van der Waals surface area (Å²) in [5, 5.41) is 1.00. The van der Waals surface area contributed by atoms with Crippen LogP contribution < -0.4 is 0 Å². The van der Waals surface area contributed by atoms with Crippen LogP contribution >= 0.6 is 0 Å². The Hall–Kier alpha value is -2.17. The molecule has 0 radical (unpaired) electrons. The summed E-state index contributed by atoms with van der Waals surface area (Å²) in [4.78, 5) is 17.6. The molecule has 0 unspecified atom stereocenters. The molecule has 0 saturated heterocycles. The zero-order valence-corrected chi connectivity index (χ0v) is 10.2. The maximum Gasteiger partial charge on any atom is 0.141 e. The average Bonchev–Trinajstić information content (AvgIpc) is 2.75. The molecular weight excluding hydrogens is 214 g/mol. The van der Waals surface area contributed by atoms with Crippen LogP contribution in [0, 0.1) is 0 Å². The van der Waals surface area contributed by atoms with Crippen LogP contribution in [0.5, 0.6) is 0 Å². The van der Waals surface area contributed by atoms with E-state index in [4.69, 9.17) is 0 Å². The number of rotatable bonds is 3. The molecule has 2 rings (SSSR count). The summed E-state index contributed by atoms with van der Waals surface area (Å²) in [7, 11) is 5.69. The second kappa shape index (κ2) is 4.78. The van der Waals surface area contributed by atoms with Crippen molar-refractivity contribution in [2.75, 3.05) is 21.1 Å². The molecule has 5 nitrogen and oxygen atoms in total. The van der Waals surface area contributed by atoms with Crippen molar-refractivity contribution in [3.63, 3.8) is 0 Å². The number of H-pyrrole nitrogens is 1. The fourth-order valence-electron chi connectivity index (χ4n) is 1.68. The van der Waals surface area contributed by atoms with Gasteiger partial charge in [-0.2, -0.15) is 0 Å². The van der Waals surface area contributed by atoms with Crippen LogP contribution in [-0.4, -0.2) is 47.2 Å². The molecule has 0 saturated carbocycles. The van der Waals surface area contributed by atoms with E-state index in [2.05, 4.69) is 19.9 Å². The normalized spacial score (nSPS) is 12.5. The number of nitrogens with zero attached hydrogens (tertiary/aromatic N) is 4. The van der Waals surface area contributed by atoms with Crippen molar-refractivity contribution in [3.8, 4) is 0 Å². The number of hydrogen-bond acceptors (Lipinski definition) is 4. The standard InChI is InChI=1S/C12H15N5/c1-13-6-9(7-17(2)3)11-10-4-5-14-12(10)16-8-15-11/h4-8H,1-3H3,(H,14,15,16)/b9-7-,13-6?. The number of fused-ring (bicyclic) bond motifs is 1. The van der Waals surface area contributed by atoms with Gasteiger partial charge >= 0.3 is 0 Å². The van der Waals surface area contributed by atoms with Gasteiger partial charge in [-0.05, 0) is 6.07 Å². The third-order valence-corrected chi connectivity index (χ3v) is 2.29. The van der Waals surface area contributed by atoms with Gasteiger partial charge in [0.15, 0.2) is 0 Å². The van der Waals surface area contributed by atoms with Crippen LogP contribution in [0.1, 0.15) is 5.69 Å². The van der Waals surface area contributed by atoms with E-state index in [1.54, 1.807) is 19.6 Å². The van der Waals surface area contributed by atoms with Crippen molar-refractivity contribution >= 4 is 22.8 Å². The van der Waals surface area contributed by atoms with E-state index in [1.165, 1.54) is 0 Å². The van der Waals surface area contributed by atoms with Crippen LogP contribution in [0.15, 0.2) is 29.8 Å². The van der Waals surface area contributed by atoms with Gasteiger partial charge in [0.05, 0.1) is 5.69 Å². The van der Waals surface area contributed by atoms with Crippen molar-refractivity contribution < 1.29 is 0 Å². The minimum atomic E-state index is 0.837. The molecule has 2 heterocycles. The van der Waals surface area contributed by atoms with E-state index in [1.807, 2.05) is 37.5 Å². The van der Waals surface area contributed by atoms with Crippen LogP contribution in [0.25, 0.3) is 16.6 Å². The summed E-state index contributed by atoms with van der Waals surface area (Å²) < 4.78 is 0. The van der Waals surface area contributed by atoms with Crippen LogP contribution in [0.4, 0.5) is 0 Å². The molecule has 0 atom stereocenters. The van der Waals surface area contributed by atoms with Gasteiger partial charge in [0.1, 0.15) is 12.0 Å². The molecule has 2 aromatic heterocycles. The molecule has 0 fully saturated rings. The summed E-state index contributed by atoms with van der Waals surface area (Å²) in [6.07, 6.45) is 7.21. The van der Waals surface area contributed by atoms with Crippen LogP contribution in [0.3, 0.4) is 0 Å². The zero-order chi connectivity index (χ0) is 12.3. The van der Waals surface area contributed by atoms with Gasteiger partial charge in [0.2, 0.25) is 0 Å². The molecule has 0 bridgehead atoms. The Morgan fingerprint density at radius 1 is 1.41 bits per heavy atom. The first-order valence-corrected chi connectivity index (χ1v) is 5.31. The second-order valence-corrected chi connectivity index (χ2v) is 3.90. The Morgan fingerprint density at radius 3 is 2.94 bits per heavy atom. The first kappa shape index (κ1) is 11.3. The van der Waals surface area contributed by atoms with E-state index in [9.17, 15) is 0 Å². The summed E-state index contributed by atoms with van der Waals surface area (Å²) in [5.41, 5.74) is 2.68. The molecular formula is C12H15N5.